The zero-order valence-corrected chi connectivity index (χ0v) is 16.5. The molecule has 1 aromatic heterocycles. The van der Waals surface area contributed by atoms with E-state index in [9.17, 15) is 0 Å². The largest absolute Gasteiger partial charge is 0.494 e. The standard InChI is InChI=1S/C21H22N2OS2/c1-3-24-18-12-10-17(11-13-18)22-21(25)23-20(19-5-4-14-26-19)16-8-6-15(2)7-9-16/h4-14,20H,3H2,1-2H3,(H2,22,23,25)/t20-/m1/s1. The fraction of sp³-hybridized carbons (Fsp3) is 0.190. The van der Waals surface area contributed by atoms with Crippen molar-refractivity contribution in [1.82, 2.24) is 5.32 Å². The predicted octanol–water partition coefficient (Wildman–Crippen LogP) is 5.53. The van der Waals surface area contributed by atoms with Gasteiger partial charge < -0.3 is 15.4 Å². The molecule has 0 fully saturated rings. The summed E-state index contributed by atoms with van der Waals surface area (Å²) in [7, 11) is 0. The summed E-state index contributed by atoms with van der Waals surface area (Å²) in [5, 5.41) is 9.37. The van der Waals surface area contributed by atoms with E-state index < -0.39 is 0 Å². The van der Waals surface area contributed by atoms with Gasteiger partial charge in [0.25, 0.3) is 0 Å². The molecule has 3 nitrogen and oxygen atoms in total. The van der Waals surface area contributed by atoms with Gasteiger partial charge in [-0.25, -0.2) is 0 Å². The smallest absolute Gasteiger partial charge is 0.171 e. The molecule has 134 valence electrons. The first-order valence-electron chi connectivity index (χ1n) is 8.56. The maximum absolute atomic E-state index is 5.55. The summed E-state index contributed by atoms with van der Waals surface area (Å²) < 4.78 is 5.47. The van der Waals surface area contributed by atoms with E-state index in [2.05, 4.69) is 59.3 Å². The number of ether oxygens (including phenoxy) is 1. The van der Waals surface area contributed by atoms with Crippen LogP contribution in [-0.2, 0) is 0 Å². The molecule has 0 aliphatic rings. The van der Waals surface area contributed by atoms with Crippen LogP contribution in [-0.4, -0.2) is 11.7 Å². The van der Waals surface area contributed by atoms with Gasteiger partial charge in [-0.05, 0) is 67.3 Å². The molecule has 0 aliphatic heterocycles. The number of thiocarbonyl (C=S) groups is 1. The van der Waals surface area contributed by atoms with Crippen LogP contribution in [0.4, 0.5) is 5.69 Å². The van der Waals surface area contributed by atoms with Gasteiger partial charge in [0.05, 0.1) is 12.6 Å². The molecule has 1 heterocycles. The van der Waals surface area contributed by atoms with Crippen molar-refractivity contribution >= 4 is 34.4 Å². The molecule has 2 N–H and O–H groups in total. The Hall–Kier alpha value is -2.37. The quantitative estimate of drug-likeness (QED) is 0.549. The fourth-order valence-electron chi connectivity index (χ4n) is 2.63. The third-order valence-electron chi connectivity index (χ3n) is 3.94. The molecule has 0 spiro atoms. The number of nitrogens with one attached hydrogen (secondary N) is 2. The summed E-state index contributed by atoms with van der Waals surface area (Å²) >= 11 is 7.27. The molecule has 0 unspecified atom stereocenters. The highest BCUT2D eigenvalue weighted by Crippen LogP contribution is 2.26. The molecule has 0 saturated heterocycles. The molecule has 0 radical (unpaired) electrons. The zero-order valence-electron chi connectivity index (χ0n) is 14.9. The molecule has 26 heavy (non-hydrogen) atoms. The van der Waals surface area contributed by atoms with Gasteiger partial charge in [-0.15, -0.1) is 11.3 Å². The van der Waals surface area contributed by atoms with Crippen LogP contribution in [0.1, 0.15) is 29.0 Å². The van der Waals surface area contributed by atoms with E-state index in [-0.39, 0.29) is 6.04 Å². The van der Waals surface area contributed by atoms with Crippen molar-refractivity contribution in [2.45, 2.75) is 19.9 Å². The van der Waals surface area contributed by atoms with Crippen LogP contribution in [0.3, 0.4) is 0 Å². The molecule has 3 aromatic rings. The zero-order chi connectivity index (χ0) is 18.4. The SMILES string of the molecule is CCOc1ccc(NC(=S)N[C@H](c2ccc(C)cc2)c2cccs2)cc1. The van der Waals surface area contributed by atoms with Gasteiger partial charge in [-0.2, -0.15) is 0 Å². The first-order chi connectivity index (χ1) is 12.7. The molecule has 0 aliphatic carbocycles. The van der Waals surface area contributed by atoms with E-state index in [4.69, 9.17) is 17.0 Å². The number of thiophene rings is 1. The number of hydrogen-bond donors (Lipinski definition) is 2. The second-order valence-corrected chi connectivity index (χ2v) is 7.30. The third-order valence-corrected chi connectivity index (χ3v) is 5.09. The van der Waals surface area contributed by atoms with Crippen molar-refractivity contribution in [2.75, 3.05) is 11.9 Å². The van der Waals surface area contributed by atoms with Gasteiger partial charge in [0.15, 0.2) is 5.11 Å². The van der Waals surface area contributed by atoms with E-state index >= 15 is 0 Å². The first kappa shape index (κ1) is 18.4. The van der Waals surface area contributed by atoms with E-state index in [0.717, 1.165) is 11.4 Å². The lowest BCUT2D eigenvalue weighted by Gasteiger charge is -2.21. The Morgan fingerprint density at radius 2 is 1.81 bits per heavy atom. The average molecular weight is 383 g/mol. The Labute approximate surface area is 164 Å². The molecule has 5 heteroatoms. The minimum atomic E-state index is 0.0262. The summed E-state index contributed by atoms with van der Waals surface area (Å²) in [4.78, 5) is 1.23. The Kier molecular flexibility index (Phi) is 6.26. The van der Waals surface area contributed by atoms with Gasteiger partial charge in [0, 0.05) is 10.6 Å². The highest BCUT2D eigenvalue weighted by Gasteiger charge is 2.16. The Balaban J connectivity index is 1.72. The van der Waals surface area contributed by atoms with Crippen molar-refractivity contribution in [3.05, 3.63) is 82.0 Å². The Bertz CT molecular complexity index is 827. The maximum atomic E-state index is 5.55. The molecule has 0 bridgehead atoms. The average Bonchev–Trinajstić information content (AvgIpc) is 3.17. The molecule has 0 amide bonds. The number of anilines is 1. The highest BCUT2D eigenvalue weighted by atomic mass is 32.1. The predicted molar refractivity (Wildman–Crippen MR) is 114 cm³/mol. The van der Waals surface area contributed by atoms with Crippen molar-refractivity contribution in [3.8, 4) is 5.75 Å². The fourth-order valence-corrected chi connectivity index (χ4v) is 3.67. The molecular weight excluding hydrogens is 360 g/mol. The van der Waals surface area contributed by atoms with E-state index in [0.29, 0.717) is 11.7 Å². The normalized spacial score (nSPS) is 11.6. The van der Waals surface area contributed by atoms with Crippen LogP contribution in [0.5, 0.6) is 5.75 Å². The van der Waals surface area contributed by atoms with Gasteiger partial charge in [0.1, 0.15) is 5.75 Å². The summed E-state index contributed by atoms with van der Waals surface area (Å²) in [6.07, 6.45) is 0. The monoisotopic (exact) mass is 382 g/mol. The molecule has 3 rings (SSSR count). The number of rotatable bonds is 6. The van der Waals surface area contributed by atoms with Crippen molar-refractivity contribution < 1.29 is 4.74 Å². The Morgan fingerprint density at radius 3 is 2.42 bits per heavy atom. The number of aryl methyl sites for hydroxylation is 1. The van der Waals surface area contributed by atoms with Crippen LogP contribution in [0, 0.1) is 6.92 Å². The van der Waals surface area contributed by atoms with Gasteiger partial charge >= 0.3 is 0 Å². The second kappa shape index (κ2) is 8.83. The van der Waals surface area contributed by atoms with Gasteiger partial charge in [0.2, 0.25) is 0 Å². The lowest BCUT2D eigenvalue weighted by molar-refractivity contribution is 0.340. The minimum absolute atomic E-state index is 0.0262. The summed E-state index contributed by atoms with van der Waals surface area (Å²) in [6.45, 7) is 4.72. The topological polar surface area (TPSA) is 33.3 Å². The number of hydrogen-bond acceptors (Lipinski definition) is 3. The van der Waals surface area contributed by atoms with E-state index in [1.807, 2.05) is 31.2 Å². The molecule has 1 atom stereocenters. The highest BCUT2D eigenvalue weighted by molar-refractivity contribution is 7.80. The van der Waals surface area contributed by atoms with Crippen LogP contribution >= 0.6 is 23.6 Å². The Morgan fingerprint density at radius 1 is 1.08 bits per heavy atom. The van der Waals surface area contributed by atoms with Gasteiger partial charge in [-0.1, -0.05) is 35.9 Å². The maximum Gasteiger partial charge on any atom is 0.171 e. The van der Waals surface area contributed by atoms with Gasteiger partial charge in [-0.3, -0.25) is 0 Å². The molecular formula is C21H22N2OS2. The van der Waals surface area contributed by atoms with Crippen molar-refractivity contribution in [2.24, 2.45) is 0 Å². The number of benzene rings is 2. The second-order valence-electron chi connectivity index (χ2n) is 5.91. The van der Waals surface area contributed by atoms with Crippen LogP contribution < -0.4 is 15.4 Å². The minimum Gasteiger partial charge on any atom is -0.494 e. The lowest BCUT2D eigenvalue weighted by Crippen LogP contribution is -2.32. The van der Waals surface area contributed by atoms with Crippen molar-refractivity contribution in [3.63, 3.8) is 0 Å². The summed E-state index contributed by atoms with van der Waals surface area (Å²) in [5.74, 6) is 0.855. The summed E-state index contributed by atoms with van der Waals surface area (Å²) in [6, 6.07) is 20.6. The molecule has 0 saturated carbocycles. The third kappa shape index (κ3) is 4.84. The van der Waals surface area contributed by atoms with Crippen LogP contribution in [0.25, 0.3) is 0 Å². The van der Waals surface area contributed by atoms with Crippen LogP contribution in [0.2, 0.25) is 0 Å². The van der Waals surface area contributed by atoms with Crippen molar-refractivity contribution in [1.29, 1.82) is 0 Å². The first-order valence-corrected chi connectivity index (χ1v) is 9.85. The van der Waals surface area contributed by atoms with E-state index in [1.54, 1.807) is 11.3 Å². The molecule has 2 aromatic carbocycles. The van der Waals surface area contributed by atoms with Crippen LogP contribution in [0.15, 0.2) is 66.0 Å². The van der Waals surface area contributed by atoms with E-state index in [1.165, 1.54) is 16.0 Å². The lowest BCUT2D eigenvalue weighted by atomic mass is 10.0. The summed E-state index contributed by atoms with van der Waals surface area (Å²) in [5.41, 5.74) is 3.36.